The predicted molar refractivity (Wildman–Crippen MR) is 114 cm³/mol. The zero-order chi connectivity index (χ0) is 20.8. The summed E-state index contributed by atoms with van der Waals surface area (Å²) in [5.41, 5.74) is -0.368. The lowest BCUT2D eigenvalue weighted by atomic mass is 9.93. The molecule has 1 unspecified atom stereocenters. The van der Waals surface area contributed by atoms with E-state index in [0.29, 0.717) is 22.9 Å². The van der Waals surface area contributed by atoms with Crippen LogP contribution in [0.5, 0.6) is 5.75 Å². The van der Waals surface area contributed by atoms with Gasteiger partial charge in [0.25, 0.3) is 0 Å². The van der Waals surface area contributed by atoms with Gasteiger partial charge in [-0.3, -0.25) is 4.79 Å². The van der Waals surface area contributed by atoms with Crippen LogP contribution in [0.15, 0.2) is 54.6 Å². The number of ether oxygens (including phenoxy) is 2. The Morgan fingerprint density at radius 2 is 1.82 bits per heavy atom. The molecule has 0 fully saturated rings. The molecule has 0 aliphatic heterocycles. The van der Waals surface area contributed by atoms with Crippen LogP contribution in [0.25, 0.3) is 6.08 Å². The summed E-state index contributed by atoms with van der Waals surface area (Å²) in [7, 11) is 0. The summed E-state index contributed by atoms with van der Waals surface area (Å²) in [6.45, 7) is 7.31. The molecule has 0 amide bonds. The molecule has 1 atom stereocenters. The molecule has 0 heterocycles. The maximum Gasteiger partial charge on any atom is 0.313 e. The van der Waals surface area contributed by atoms with Gasteiger partial charge in [0.15, 0.2) is 5.60 Å². The molecule has 2 rings (SSSR count). The first-order chi connectivity index (χ1) is 13.2. The van der Waals surface area contributed by atoms with E-state index in [1.807, 2.05) is 42.5 Å². The fourth-order valence-electron chi connectivity index (χ4n) is 2.39. The highest BCUT2D eigenvalue weighted by atomic mass is 35.5. The van der Waals surface area contributed by atoms with Crippen molar-refractivity contribution in [3.8, 4) is 18.1 Å². The SMILES string of the molecule is C#CC(C)(OC(=O)C(C)(C)C)c1cc(Cl)ccc1OC/C=C/c1ccccc1. The van der Waals surface area contributed by atoms with Gasteiger partial charge in [-0.15, -0.1) is 6.42 Å². The van der Waals surface area contributed by atoms with Gasteiger partial charge in [-0.2, -0.15) is 0 Å². The topological polar surface area (TPSA) is 35.5 Å². The molecule has 0 aromatic heterocycles. The van der Waals surface area contributed by atoms with Crippen LogP contribution in [-0.2, 0) is 15.1 Å². The monoisotopic (exact) mass is 396 g/mol. The second-order valence-electron chi connectivity index (χ2n) is 7.58. The maximum atomic E-state index is 12.4. The molecule has 0 bridgehead atoms. The number of esters is 1. The number of carbonyl (C=O) groups is 1. The van der Waals surface area contributed by atoms with Crippen molar-refractivity contribution in [1.29, 1.82) is 0 Å². The van der Waals surface area contributed by atoms with Crippen LogP contribution in [0, 0.1) is 17.8 Å². The van der Waals surface area contributed by atoms with Gasteiger partial charge in [0.1, 0.15) is 12.4 Å². The average Bonchev–Trinajstić information content (AvgIpc) is 2.66. The highest BCUT2D eigenvalue weighted by Crippen LogP contribution is 2.36. The molecule has 0 saturated heterocycles. The normalized spacial score (nSPS) is 13.6. The average molecular weight is 397 g/mol. The molecule has 0 radical (unpaired) electrons. The number of terminal acetylenes is 1. The third-order valence-electron chi connectivity index (χ3n) is 4.09. The van der Waals surface area contributed by atoms with Gasteiger partial charge in [-0.25, -0.2) is 0 Å². The van der Waals surface area contributed by atoms with Gasteiger partial charge in [0.05, 0.1) is 11.0 Å². The minimum Gasteiger partial charge on any atom is -0.489 e. The van der Waals surface area contributed by atoms with E-state index in [1.165, 1.54) is 0 Å². The zero-order valence-electron chi connectivity index (χ0n) is 16.7. The minimum absolute atomic E-state index is 0.331. The van der Waals surface area contributed by atoms with Gasteiger partial charge in [-0.1, -0.05) is 53.9 Å². The van der Waals surface area contributed by atoms with E-state index in [4.69, 9.17) is 27.5 Å². The largest absolute Gasteiger partial charge is 0.489 e. The fourth-order valence-corrected chi connectivity index (χ4v) is 2.56. The molecular weight excluding hydrogens is 372 g/mol. The number of halogens is 1. The van der Waals surface area contributed by atoms with Crippen LogP contribution in [0.1, 0.15) is 38.8 Å². The maximum absolute atomic E-state index is 12.4. The van der Waals surface area contributed by atoms with Crippen molar-refractivity contribution >= 4 is 23.6 Å². The first kappa shape index (κ1) is 21.6. The van der Waals surface area contributed by atoms with Crippen molar-refractivity contribution in [2.75, 3.05) is 6.61 Å². The lowest BCUT2D eigenvalue weighted by Gasteiger charge is -2.30. The summed E-state index contributed by atoms with van der Waals surface area (Å²) >= 11 is 6.17. The van der Waals surface area contributed by atoms with E-state index in [2.05, 4.69) is 5.92 Å². The van der Waals surface area contributed by atoms with Gasteiger partial charge < -0.3 is 9.47 Å². The summed E-state index contributed by atoms with van der Waals surface area (Å²) in [4.78, 5) is 12.4. The first-order valence-corrected chi connectivity index (χ1v) is 9.39. The molecule has 0 aliphatic rings. The van der Waals surface area contributed by atoms with Crippen molar-refractivity contribution in [2.24, 2.45) is 5.41 Å². The Morgan fingerprint density at radius 1 is 1.14 bits per heavy atom. The van der Waals surface area contributed by atoms with E-state index in [0.717, 1.165) is 5.56 Å². The molecule has 0 spiro atoms. The zero-order valence-corrected chi connectivity index (χ0v) is 17.4. The number of carbonyl (C=O) groups excluding carboxylic acids is 1. The van der Waals surface area contributed by atoms with Crippen molar-refractivity contribution in [1.82, 2.24) is 0 Å². The van der Waals surface area contributed by atoms with Crippen LogP contribution in [0.2, 0.25) is 5.02 Å². The summed E-state index contributed by atoms with van der Waals surface area (Å²) in [5.74, 6) is 2.70. The van der Waals surface area contributed by atoms with Gasteiger partial charge >= 0.3 is 5.97 Å². The molecular formula is C24H25ClO3. The summed E-state index contributed by atoms with van der Waals surface area (Å²) in [5, 5.41) is 0.482. The van der Waals surface area contributed by atoms with Crippen LogP contribution >= 0.6 is 11.6 Å². The Hall–Kier alpha value is -2.70. The summed E-state index contributed by atoms with van der Waals surface area (Å²) in [6, 6.07) is 15.0. The van der Waals surface area contributed by atoms with E-state index in [9.17, 15) is 4.79 Å². The first-order valence-electron chi connectivity index (χ1n) is 9.01. The Balaban J connectivity index is 2.24. The highest BCUT2D eigenvalue weighted by molar-refractivity contribution is 6.30. The van der Waals surface area contributed by atoms with Crippen LogP contribution in [0.4, 0.5) is 0 Å². The second-order valence-corrected chi connectivity index (χ2v) is 8.02. The van der Waals surface area contributed by atoms with Crippen molar-refractivity contribution < 1.29 is 14.3 Å². The Bertz CT molecular complexity index is 888. The van der Waals surface area contributed by atoms with Crippen LogP contribution < -0.4 is 4.74 Å². The highest BCUT2D eigenvalue weighted by Gasteiger charge is 2.36. The lowest BCUT2D eigenvalue weighted by molar-refractivity contribution is -0.163. The van der Waals surface area contributed by atoms with Crippen LogP contribution in [0.3, 0.4) is 0 Å². The fraction of sp³-hybridized carbons (Fsp3) is 0.292. The number of benzene rings is 2. The van der Waals surface area contributed by atoms with Crippen molar-refractivity contribution in [2.45, 2.75) is 33.3 Å². The number of rotatable bonds is 6. The van der Waals surface area contributed by atoms with Crippen molar-refractivity contribution in [3.63, 3.8) is 0 Å². The number of hydrogen-bond donors (Lipinski definition) is 0. The smallest absolute Gasteiger partial charge is 0.313 e. The standard InChI is InChI=1S/C24H25ClO3/c1-6-24(5,28-22(26)23(2,3)4)20-17-19(25)14-15-21(20)27-16-10-13-18-11-8-7-9-12-18/h1,7-15,17H,16H2,2-5H3/b13-10+. The molecule has 146 valence electrons. The van der Waals surface area contributed by atoms with Crippen LogP contribution in [-0.4, -0.2) is 12.6 Å². The van der Waals surface area contributed by atoms with E-state index in [-0.39, 0.29) is 0 Å². The Kier molecular flexibility index (Phi) is 6.94. The second kappa shape index (κ2) is 8.99. The lowest BCUT2D eigenvalue weighted by Crippen LogP contribution is -2.34. The molecule has 0 N–H and O–H groups in total. The Labute approximate surface area is 172 Å². The van der Waals surface area contributed by atoms with E-state index in [1.54, 1.807) is 45.9 Å². The molecule has 2 aromatic carbocycles. The number of hydrogen-bond acceptors (Lipinski definition) is 3. The molecule has 4 heteroatoms. The summed E-state index contributed by atoms with van der Waals surface area (Å²) in [6.07, 6.45) is 9.61. The molecule has 3 nitrogen and oxygen atoms in total. The Morgan fingerprint density at radius 3 is 2.43 bits per heavy atom. The van der Waals surface area contributed by atoms with Gasteiger partial charge in [0.2, 0.25) is 0 Å². The van der Waals surface area contributed by atoms with Gasteiger partial charge in [0, 0.05) is 5.02 Å². The van der Waals surface area contributed by atoms with E-state index >= 15 is 0 Å². The molecule has 0 aliphatic carbocycles. The quantitative estimate of drug-likeness (QED) is 0.452. The minimum atomic E-state index is -1.30. The molecule has 28 heavy (non-hydrogen) atoms. The van der Waals surface area contributed by atoms with E-state index < -0.39 is 17.0 Å². The summed E-state index contributed by atoms with van der Waals surface area (Å²) < 4.78 is 11.6. The third kappa shape index (κ3) is 5.65. The van der Waals surface area contributed by atoms with Crippen molar-refractivity contribution in [3.05, 3.63) is 70.8 Å². The third-order valence-corrected chi connectivity index (χ3v) is 4.32. The molecule has 0 saturated carbocycles. The van der Waals surface area contributed by atoms with Gasteiger partial charge in [-0.05, 0) is 57.5 Å². The predicted octanol–water partition coefficient (Wildman–Crippen LogP) is 5.87. The molecule has 2 aromatic rings.